The van der Waals surface area contributed by atoms with Gasteiger partial charge in [0.2, 0.25) is 0 Å². The van der Waals surface area contributed by atoms with E-state index in [4.69, 9.17) is 9.47 Å². The molecule has 1 aliphatic carbocycles. The smallest absolute Gasteiger partial charge is 0.341 e. The van der Waals surface area contributed by atoms with E-state index in [0.717, 1.165) is 41.7 Å². The fourth-order valence-electron chi connectivity index (χ4n) is 3.14. The first-order chi connectivity index (χ1) is 14.5. The average molecular weight is 429 g/mol. The van der Waals surface area contributed by atoms with Crippen molar-refractivity contribution in [2.24, 2.45) is 5.10 Å². The predicted octanol–water partition coefficient (Wildman–Crippen LogP) is 2.90. The number of nitrogens with one attached hydrogen (secondary N) is 2. The number of methoxy groups -OCH3 is 1. The number of rotatable bonds is 6. The van der Waals surface area contributed by atoms with E-state index in [9.17, 15) is 14.4 Å². The monoisotopic (exact) mass is 429 g/mol. The second kappa shape index (κ2) is 10.0. The van der Waals surface area contributed by atoms with Gasteiger partial charge in [-0.25, -0.2) is 10.2 Å². The highest BCUT2D eigenvalue weighted by Crippen LogP contribution is 2.38. The van der Waals surface area contributed by atoms with E-state index in [1.54, 1.807) is 38.3 Å². The fourth-order valence-corrected chi connectivity index (χ4v) is 4.41. The normalized spacial score (nSPS) is 12.9. The second-order valence-electron chi connectivity index (χ2n) is 6.56. The Morgan fingerprint density at radius 2 is 1.87 bits per heavy atom. The quantitative estimate of drug-likeness (QED) is 0.318. The Kier molecular flexibility index (Phi) is 7.18. The van der Waals surface area contributed by atoms with Crippen molar-refractivity contribution in [2.45, 2.75) is 32.6 Å². The lowest BCUT2D eigenvalue weighted by molar-refractivity contribution is -0.136. The molecule has 2 amide bonds. The summed E-state index contributed by atoms with van der Waals surface area (Å²) in [6.07, 6.45) is 5.03. The predicted molar refractivity (Wildman–Crippen MR) is 114 cm³/mol. The van der Waals surface area contributed by atoms with E-state index >= 15 is 0 Å². The number of nitrogens with zero attached hydrogens (tertiary/aromatic N) is 1. The zero-order chi connectivity index (χ0) is 21.5. The van der Waals surface area contributed by atoms with E-state index in [0.29, 0.717) is 16.3 Å². The summed E-state index contributed by atoms with van der Waals surface area (Å²) in [4.78, 5) is 37.9. The van der Waals surface area contributed by atoms with Crippen LogP contribution in [0.3, 0.4) is 0 Å². The van der Waals surface area contributed by atoms with Gasteiger partial charge in [0.15, 0.2) is 0 Å². The minimum Gasteiger partial charge on any atom is -0.497 e. The summed E-state index contributed by atoms with van der Waals surface area (Å²) in [7, 11) is 1.57. The molecule has 0 atom stereocenters. The van der Waals surface area contributed by atoms with Crippen LogP contribution in [0.2, 0.25) is 0 Å². The van der Waals surface area contributed by atoms with Gasteiger partial charge in [-0.05, 0) is 68.0 Å². The summed E-state index contributed by atoms with van der Waals surface area (Å²) in [6, 6.07) is 7.03. The summed E-state index contributed by atoms with van der Waals surface area (Å²) >= 11 is 1.32. The third kappa shape index (κ3) is 5.04. The number of anilines is 1. The Morgan fingerprint density at radius 1 is 1.13 bits per heavy atom. The van der Waals surface area contributed by atoms with Crippen molar-refractivity contribution in [1.82, 2.24) is 5.43 Å². The molecular formula is C21H23N3O5S. The molecule has 158 valence electrons. The van der Waals surface area contributed by atoms with Gasteiger partial charge in [-0.3, -0.25) is 9.59 Å². The first-order valence-corrected chi connectivity index (χ1v) is 10.4. The molecule has 0 bridgehead atoms. The molecule has 1 heterocycles. The maximum atomic E-state index is 12.4. The molecule has 0 fully saturated rings. The highest BCUT2D eigenvalue weighted by atomic mass is 32.1. The Labute approximate surface area is 178 Å². The van der Waals surface area contributed by atoms with Crippen LogP contribution in [0.15, 0.2) is 29.4 Å². The molecule has 1 aromatic heterocycles. The number of carbonyl (C=O) groups excluding carboxylic acids is 3. The van der Waals surface area contributed by atoms with Crippen LogP contribution in [-0.4, -0.2) is 37.7 Å². The number of ether oxygens (including phenoxy) is 2. The van der Waals surface area contributed by atoms with Gasteiger partial charge in [0, 0.05) is 4.88 Å². The van der Waals surface area contributed by atoms with E-state index in [1.807, 2.05) is 0 Å². The van der Waals surface area contributed by atoms with Crippen molar-refractivity contribution >= 4 is 40.3 Å². The minimum atomic E-state index is -0.930. The van der Waals surface area contributed by atoms with E-state index in [2.05, 4.69) is 15.8 Å². The number of thiophene rings is 1. The second-order valence-corrected chi connectivity index (χ2v) is 7.67. The van der Waals surface area contributed by atoms with Crippen LogP contribution in [0.25, 0.3) is 0 Å². The van der Waals surface area contributed by atoms with Crippen LogP contribution < -0.4 is 15.5 Å². The molecule has 0 radical (unpaired) electrons. The highest BCUT2D eigenvalue weighted by molar-refractivity contribution is 7.17. The number of amides is 2. The van der Waals surface area contributed by atoms with Gasteiger partial charge in [-0.1, -0.05) is 0 Å². The number of carbonyl (C=O) groups is 3. The lowest BCUT2D eigenvalue weighted by Gasteiger charge is -2.12. The Morgan fingerprint density at radius 3 is 2.57 bits per heavy atom. The molecule has 8 nitrogen and oxygen atoms in total. The van der Waals surface area contributed by atoms with E-state index < -0.39 is 17.8 Å². The van der Waals surface area contributed by atoms with Gasteiger partial charge in [0.25, 0.3) is 0 Å². The summed E-state index contributed by atoms with van der Waals surface area (Å²) < 4.78 is 10.2. The van der Waals surface area contributed by atoms with Crippen LogP contribution in [0.4, 0.5) is 5.00 Å². The Bertz CT molecular complexity index is 966. The lowest BCUT2D eigenvalue weighted by atomic mass is 9.95. The SMILES string of the molecule is CCOC(=O)c1c(NC(=O)C(=O)N/N=C\c2ccc(OC)cc2)sc2c1CCCC2. The maximum Gasteiger partial charge on any atom is 0.341 e. The number of benzene rings is 1. The zero-order valence-corrected chi connectivity index (χ0v) is 17.6. The molecule has 30 heavy (non-hydrogen) atoms. The minimum absolute atomic E-state index is 0.234. The number of hydrazone groups is 1. The summed E-state index contributed by atoms with van der Waals surface area (Å²) in [5, 5.41) is 6.69. The molecule has 2 aromatic rings. The summed E-state index contributed by atoms with van der Waals surface area (Å²) in [5.41, 5.74) is 4.20. The first-order valence-electron chi connectivity index (χ1n) is 9.63. The Balaban J connectivity index is 1.67. The van der Waals surface area contributed by atoms with Crippen molar-refractivity contribution in [3.8, 4) is 5.75 Å². The van der Waals surface area contributed by atoms with Crippen LogP contribution in [-0.2, 0) is 27.2 Å². The van der Waals surface area contributed by atoms with Gasteiger partial charge in [-0.2, -0.15) is 5.10 Å². The summed E-state index contributed by atoms with van der Waals surface area (Å²) in [6.45, 7) is 1.96. The van der Waals surface area contributed by atoms with Crippen molar-refractivity contribution in [3.63, 3.8) is 0 Å². The number of esters is 1. The zero-order valence-electron chi connectivity index (χ0n) is 16.8. The van der Waals surface area contributed by atoms with Crippen molar-refractivity contribution in [1.29, 1.82) is 0 Å². The average Bonchev–Trinajstić information content (AvgIpc) is 3.12. The molecular weight excluding hydrogens is 406 g/mol. The van der Waals surface area contributed by atoms with Gasteiger partial charge >= 0.3 is 17.8 Å². The largest absolute Gasteiger partial charge is 0.497 e. The van der Waals surface area contributed by atoms with Crippen LogP contribution >= 0.6 is 11.3 Å². The molecule has 0 saturated heterocycles. The lowest BCUT2D eigenvalue weighted by Crippen LogP contribution is -2.32. The molecule has 0 unspecified atom stereocenters. The number of hydrogen-bond acceptors (Lipinski definition) is 7. The van der Waals surface area contributed by atoms with Gasteiger partial charge in [0.05, 0.1) is 25.5 Å². The van der Waals surface area contributed by atoms with Crippen LogP contribution in [0.1, 0.15) is 46.1 Å². The van der Waals surface area contributed by atoms with Gasteiger partial charge in [0.1, 0.15) is 10.8 Å². The molecule has 0 saturated carbocycles. The van der Waals surface area contributed by atoms with E-state index in [1.165, 1.54) is 17.6 Å². The van der Waals surface area contributed by atoms with Crippen LogP contribution in [0, 0.1) is 0 Å². The molecule has 0 aliphatic heterocycles. The summed E-state index contributed by atoms with van der Waals surface area (Å²) in [5.74, 6) is -1.61. The number of hydrogen-bond donors (Lipinski definition) is 2. The molecule has 3 rings (SSSR count). The maximum absolute atomic E-state index is 12.4. The molecule has 2 N–H and O–H groups in total. The standard InChI is InChI=1S/C21H23N3O5S/c1-3-29-21(27)17-15-6-4-5-7-16(15)30-20(17)23-18(25)19(26)24-22-12-13-8-10-14(28-2)11-9-13/h8-12H,3-7H2,1-2H3,(H,23,25)(H,24,26)/b22-12-. The topological polar surface area (TPSA) is 106 Å². The number of fused-ring (bicyclic) bond motifs is 1. The fraction of sp³-hybridized carbons (Fsp3) is 0.333. The third-order valence-corrected chi connectivity index (χ3v) is 5.79. The number of aryl methyl sites for hydroxylation is 1. The third-order valence-electron chi connectivity index (χ3n) is 4.58. The molecule has 0 spiro atoms. The Hall–Kier alpha value is -3.20. The molecule has 9 heteroatoms. The van der Waals surface area contributed by atoms with Crippen molar-refractivity contribution < 1.29 is 23.9 Å². The van der Waals surface area contributed by atoms with E-state index in [-0.39, 0.29) is 6.61 Å². The molecule has 1 aliphatic rings. The van der Waals surface area contributed by atoms with Crippen LogP contribution in [0.5, 0.6) is 5.75 Å². The first kappa shape index (κ1) is 21.5. The van der Waals surface area contributed by atoms with Crippen molar-refractivity contribution in [2.75, 3.05) is 19.0 Å². The van der Waals surface area contributed by atoms with Gasteiger partial charge in [-0.15, -0.1) is 11.3 Å². The molecule has 1 aromatic carbocycles. The van der Waals surface area contributed by atoms with Gasteiger partial charge < -0.3 is 14.8 Å². The van der Waals surface area contributed by atoms with Crippen molar-refractivity contribution in [3.05, 3.63) is 45.8 Å². The highest BCUT2D eigenvalue weighted by Gasteiger charge is 2.28.